The Morgan fingerprint density at radius 1 is 1.17 bits per heavy atom. The smallest absolute Gasteiger partial charge is 0.223 e. The summed E-state index contributed by atoms with van der Waals surface area (Å²) in [6.45, 7) is 2.88. The summed E-state index contributed by atoms with van der Waals surface area (Å²) in [5, 5.41) is 4.07. The number of guanidine groups is 1. The van der Waals surface area contributed by atoms with Gasteiger partial charge in [0.25, 0.3) is 0 Å². The van der Waals surface area contributed by atoms with Crippen LogP contribution in [0.5, 0.6) is 0 Å². The van der Waals surface area contributed by atoms with Gasteiger partial charge in [-0.05, 0) is 35.2 Å². The molecule has 1 aliphatic rings. The summed E-state index contributed by atoms with van der Waals surface area (Å²) < 4.78 is 0. The van der Waals surface area contributed by atoms with Crippen LogP contribution in [-0.2, 0) is 24.4 Å². The van der Waals surface area contributed by atoms with Gasteiger partial charge in [-0.1, -0.05) is 48.0 Å². The van der Waals surface area contributed by atoms with Crippen molar-refractivity contribution >= 4 is 47.4 Å². The van der Waals surface area contributed by atoms with Crippen LogP contribution in [0.3, 0.4) is 0 Å². The average Bonchev–Trinajstić information content (AvgIpc) is 3.12. The van der Waals surface area contributed by atoms with Gasteiger partial charge in [0.2, 0.25) is 5.91 Å². The molecule has 1 N–H and O–H groups in total. The van der Waals surface area contributed by atoms with E-state index in [1.807, 2.05) is 53.2 Å². The first-order valence-corrected chi connectivity index (χ1v) is 9.95. The highest BCUT2D eigenvalue weighted by Crippen LogP contribution is 2.22. The molecule has 29 heavy (non-hydrogen) atoms. The minimum absolute atomic E-state index is 0. The zero-order valence-corrected chi connectivity index (χ0v) is 20.0. The van der Waals surface area contributed by atoms with Crippen molar-refractivity contribution in [2.24, 2.45) is 4.99 Å². The number of halogens is 2. The molecule has 2 aromatic rings. The maximum absolute atomic E-state index is 12.5. The molecule has 7 heteroatoms. The van der Waals surface area contributed by atoms with Crippen LogP contribution in [0, 0.1) is 0 Å². The molecule has 5 nitrogen and oxygen atoms in total. The second-order valence-electron chi connectivity index (χ2n) is 7.08. The van der Waals surface area contributed by atoms with E-state index in [0.29, 0.717) is 19.5 Å². The van der Waals surface area contributed by atoms with E-state index < -0.39 is 0 Å². The summed E-state index contributed by atoms with van der Waals surface area (Å²) in [6.07, 6.45) is 1.31. The number of amides is 1. The quantitative estimate of drug-likeness (QED) is 0.264. The van der Waals surface area contributed by atoms with Crippen LogP contribution < -0.4 is 5.32 Å². The molecule has 0 unspecified atom stereocenters. The number of fused-ring (bicyclic) bond motifs is 1. The Labute approximate surface area is 195 Å². The topological polar surface area (TPSA) is 47.9 Å². The van der Waals surface area contributed by atoms with Gasteiger partial charge in [-0.15, -0.1) is 24.0 Å². The van der Waals surface area contributed by atoms with Crippen LogP contribution >= 0.6 is 35.6 Å². The molecule has 0 fully saturated rings. The van der Waals surface area contributed by atoms with Crippen LogP contribution in [0.1, 0.15) is 29.5 Å². The predicted octanol–water partition coefficient (Wildman–Crippen LogP) is 4.29. The molecule has 0 radical (unpaired) electrons. The number of benzene rings is 2. The molecular formula is C22H28ClIN4O. The third-order valence-electron chi connectivity index (χ3n) is 4.93. The fourth-order valence-corrected chi connectivity index (χ4v) is 3.69. The number of carbonyl (C=O) groups is 1. The van der Waals surface area contributed by atoms with E-state index in [1.54, 1.807) is 7.05 Å². The molecule has 0 aliphatic carbocycles. The fraction of sp³-hybridized carbons (Fsp3) is 0.364. The molecule has 156 valence electrons. The molecular weight excluding hydrogens is 499 g/mol. The number of hydrogen-bond acceptors (Lipinski definition) is 2. The van der Waals surface area contributed by atoms with E-state index in [0.717, 1.165) is 36.1 Å². The van der Waals surface area contributed by atoms with Crippen LogP contribution in [0.15, 0.2) is 53.5 Å². The van der Waals surface area contributed by atoms with Gasteiger partial charge in [0.15, 0.2) is 5.96 Å². The fourth-order valence-electron chi connectivity index (χ4n) is 3.48. The largest absolute Gasteiger partial charge is 0.356 e. The highest BCUT2D eigenvalue weighted by atomic mass is 127. The number of nitrogens with zero attached hydrogens (tertiary/aromatic N) is 3. The van der Waals surface area contributed by atoms with Crippen molar-refractivity contribution in [3.05, 3.63) is 70.2 Å². The Balaban J connectivity index is 0.00000300. The second kappa shape index (κ2) is 11.4. The monoisotopic (exact) mass is 526 g/mol. The molecule has 1 amide bonds. The number of carbonyl (C=O) groups excluding carboxylic acids is 1. The van der Waals surface area contributed by atoms with E-state index in [-0.39, 0.29) is 29.9 Å². The Bertz CT molecular complexity index is 833. The van der Waals surface area contributed by atoms with E-state index in [1.165, 1.54) is 11.1 Å². The number of aliphatic imine (C=N–C) groups is 1. The number of hydrogen-bond donors (Lipinski definition) is 1. The first-order valence-electron chi connectivity index (χ1n) is 9.57. The third-order valence-corrected chi connectivity index (χ3v) is 5.16. The van der Waals surface area contributed by atoms with E-state index in [2.05, 4.69) is 22.4 Å². The van der Waals surface area contributed by atoms with Gasteiger partial charge in [0.05, 0.1) is 0 Å². The second-order valence-corrected chi connectivity index (χ2v) is 7.52. The molecule has 1 aliphatic heterocycles. The molecule has 1 heterocycles. The van der Waals surface area contributed by atoms with E-state index in [4.69, 9.17) is 11.6 Å². The summed E-state index contributed by atoms with van der Waals surface area (Å²) in [5.74, 6) is 1.02. The van der Waals surface area contributed by atoms with Crippen molar-refractivity contribution in [2.45, 2.75) is 32.5 Å². The Kier molecular flexibility index (Phi) is 9.23. The van der Waals surface area contributed by atoms with Crippen molar-refractivity contribution < 1.29 is 4.79 Å². The van der Waals surface area contributed by atoms with Crippen LogP contribution in [-0.4, -0.2) is 42.3 Å². The van der Waals surface area contributed by atoms with E-state index in [9.17, 15) is 4.79 Å². The van der Waals surface area contributed by atoms with Gasteiger partial charge in [0.1, 0.15) is 0 Å². The standard InChI is InChI=1S/C22H27ClN4O.HI/c1-24-22(26(2)14-17-7-5-10-20(23)13-17)25-12-6-11-21(28)27-15-18-8-3-4-9-19(18)16-27;/h3-5,7-10,13H,6,11-12,14-16H2,1-2H3,(H,24,25);1H. The lowest BCUT2D eigenvalue weighted by Gasteiger charge is -2.22. The summed E-state index contributed by atoms with van der Waals surface area (Å²) >= 11 is 6.06. The lowest BCUT2D eigenvalue weighted by atomic mass is 10.1. The SMILES string of the molecule is CN=C(NCCCC(=O)N1Cc2ccccc2C1)N(C)Cc1cccc(Cl)c1.I. The zero-order valence-electron chi connectivity index (χ0n) is 16.9. The molecule has 0 aromatic heterocycles. The van der Waals surface area contributed by atoms with Crippen molar-refractivity contribution in [3.63, 3.8) is 0 Å². The minimum Gasteiger partial charge on any atom is -0.356 e. The molecule has 3 rings (SSSR count). The van der Waals surface area contributed by atoms with Gasteiger partial charge in [-0.25, -0.2) is 0 Å². The highest BCUT2D eigenvalue weighted by molar-refractivity contribution is 14.0. The highest BCUT2D eigenvalue weighted by Gasteiger charge is 2.22. The summed E-state index contributed by atoms with van der Waals surface area (Å²) in [7, 11) is 3.76. The lowest BCUT2D eigenvalue weighted by molar-refractivity contribution is -0.131. The maximum Gasteiger partial charge on any atom is 0.223 e. The predicted molar refractivity (Wildman–Crippen MR) is 130 cm³/mol. The van der Waals surface area contributed by atoms with E-state index >= 15 is 0 Å². The maximum atomic E-state index is 12.5. The number of nitrogens with one attached hydrogen (secondary N) is 1. The van der Waals surface area contributed by atoms with Gasteiger partial charge in [0, 0.05) is 51.7 Å². The third kappa shape index (κ3) is 6.60. The minimum atomic E-state index is 0. The Hall–Kier alpha value is -1.80. The molecule has 0 saturated carbocycles. The van der Waals surface area contributed by atoms with Crippen LogP contribution in [0.25, 0.3) is 0 Å². The molecule has 0 spiro atoms. The Morgan fingerprint density at radius 3 is 2.48 bits per heavy atom. The van der Waals surface area contributed by atoms with Gasteiger partial charge >= 0.3 is 0 Å². The normalized spacial score (nSPS) is 12.9. The average molecular weight is 527 g/mol. The van der Waals surface area contributed by atoms with Crippen molar-refractivity contribution in [2.75, 3.05) is 20.6 Å². The van der Waals surface area contributed by atoms with Gasteiger partial charge < -0.3 is 15.1 Å². The van der Waals surface area contributed by atoms with Crippen LogP contribution in [0.2, 0.25) is 5.02 Å². The summed E-state index contributed by atoms with van der Waals surface area (Å²) in [4.78, 5) is 20.8. The summed E-state index contributed by atoms with van der Waals surface area (Å²) in [5.41, 5.74) is 3.65. The van der Waals surface area contributed by atoms with Crippen molar-refractivity contribution in [1.29, 1.82) is 0 Å². The Morgan fingerprint density at radius 2 is 1.86 bits per heavy atom. The molecule has 0 saturated heterocycles. The van der Waals surface area contributed by atoms with Gasteiger partial charge in [-0.2, -0.15) is 0 Å². The lowest BCUT2D eigenvalue weighted by Crippen LogP contribution is -2.39. The summed E-state index contributed by atoms with van der Waals surface area (Å²) in [6, 6.07) is 16.1. The van der Waals surface area contributed by atoms with Gasteiger partial charge in [-0.3, -0.25) is 9.79 Å². The first kappa shape index (κ1) is 23.5. The van der Waals surface area contributed by atoms with Crippen LogP contribution in [0.4, 0.5) is 0 Å². The zero-order chi connectivity index (χ0) is 19.9. The van der Waals surface area contributed by atoms with Crippen molar-refractivity contribution in [1.82, 2.24) is 15.1 Å². The van der Waals surface area contributed by atoms with Crippen molar-refractivity contribution in [3.8, 4) is 0 Å². The first-order chi connectivity index (χ1) is 13.6. The number of rotatable bonds is 6. The molecule has 0 bridgehead atoms. The molecule has 0 atom stereocenters. The molecule has 2 aromatic carbocycles.